The summed E-state index contributed by atoms with van der Waals surface area (Å²) in [5.74, 6) is 3.13. The Balaban J connectivity index is 3.31. The Kier molecular flexibility index (Phi) is 5.91. The second-order valence-corrected chi connectivity index (χ2v) is 2.86. The molecule has 2 heteroatoms. The summed E-state index contributed by atoms with van der Waals surface area (Å²) in [4.78, 5) is 0. The van der Waals surface area contributed by atoms with Crippen molar-refractivity contribution in [1.29, 1.82) is 0 Å². The minimum absolute atomic E-state index is 0.161. The lowest BCUT2D eigenvalue weighted by molar-refractivity contribution is 0.158. The van der Waals surface area contributed by atoms with Gasteiger partial charge >= 0.3 is 0 Å². The van der Waals surface area contributed by atoms with Gasteiger partial charge in [0.15, 0.2) is 0 Å². The van der Waals surface area contributed by atoms with E-state index in [-0.39, 0.29) is 6.04 Å². The highest BCUT2D eigenvalue weighted by atomic mass is 16.5. The zero-order valence-corrected chi connectivity index (χ0v) is 7.55. The lowest BCUT2D eigenvalue weighted by atomic mass is 10.2. The topological polar surface area (TPSA) is 21.3 Å². The Labute approximate surface area is 69.3 Å². The highest BCUT2D eigenvalue weighted by Gasteiger charge is 2.01. The van der Waals surface area contributed by atoms with E-state index in [0.717, 1.165) is 13.2 Å². The third-order valence-electron chi connectivity index (χ3n) is 1.47. The first-order valence-corrected chi connectivity index (χ1v) is 3.89. The summed E-state index contributed by atoms with van der Waals surface area (Å²) in [6.07, 6.45) is 5.19. The van der Waals surface area contributed by atoms with Gasteiger partial charge < -0.3 is 10.1 Å². The molecule has 0 aliphatic heterocycles. The first-order chi connectivity index (χ1) is 5.20. The number of ether oxygens (including phenoxy) is 1. The van der Waals surface area contributed by atoms with Gasteiger partial charge in [0.25, 0.3) is 0 Å². The Bertz CT molecular complexity index is 128. The standard InChI is InChI=1S/C9H17NO/c1-5-9(3)10-6-8(2)7-11-4/h1,8-10H,6-7H2,2-4H3/t8?,9-/m1/s1. The van der Waals surface area contributed by atoms with Crippen molar-refractivity contribution in [3.63, 3.8) is 0 Å². The fourth-order valence-corrected chi connectivity index (χ4v) is 0.780. The zero-order chi connectivity index (χ0) is 8.69. The van der Waals surface area contributed by atoms with E-state index in [1.54, 1.807) is 7.11 Å². The summed E-state index contributed by atoms with van der Waals surface area (Å²) in [5.41, 5.74) is 0. The summed E-state index contributed by atoms with van der Waals surface area (Å²) in [7, 11) is 1.71. The molecule has 0 radical (unpaired) electrons. The normalized spacial score (nSPS) is 15.5. The molecular weight excluding hydrogens is 138 g/mol. The van der Waals surface area contributed by atoms with E-state index in [9.17, 15) is 0 Å². The molecule has 0 aliphatic carbocycles. The van der Waals surface area contributed by atoms with Crippen molar-refractivity contribution in [3.8, 4) is 12.3 Å². The van der Waals surface area contributed by atoms with Crippen LogP contribution in [0.5, 0.6) is 0 Å². The smallest absolute Gasteiger partial charge is 0.0658 e. The van der Waals surface area contributed by atoms with Gasteiger partial charge in [-0.3, -0.25) is 0 Å². The van der Waals surface area contributed by atoms with E-state index in [1.165, 1.54) is 0 Å². The molecule has 0 saturated carbocycles. The van der Waals surface area contributed by atoms with E-state index in [2.05, 4.69) is 18.2 Å². The largest absolute Gasteiger partial charge is 0.384 e. The summed E-state index contributed by atoms with van der Waals surface area (Å²) in [5, 5.41) is 3.20. The first-order valence-electron chi connectivity index (χ1n) is 3.89. The molecule has 0 aliphatic rings. The predicted molar refractivity (Wildman–Crippen MR) is 47.3 cm³/mol. The van der Waals surface area contributed by atoms with Crippen LogP contribution >= 0.6 is 0 Å². The first kappa shape index (κ1) is 10.5. The van der Waals surface area contributed by atoms with Crippen molar-refractivity contribution in [1.82, 2.24) is 5.32 Å². The molecule has 2 nitrogen and oxygen atoms in total. The maximum Gasteiger partial charge on any atom is 0.0658 e. The van der Waals surface area contributed by atoms with Crippen LogP contribution in [0.15, 0.2) is 0 Å². The van der Waals surface area contributed by atoms with Crippen LogP contribution in [0.2, 0.25) is 0 Å². The second kappa shape index (κ2) is 6.21. The molecule has 0 spiro atoms. The second-order valence-electron chi connectivity index (χ2n) is 2.86. The molecule has 64 valence electrons. The number of nitrogens with one attached hydrogen (secondary N) is 1. The van der Waals surface area contributed by atoms with Gasteiger partial charge in [0.05, 0.1) is 6.04 Å². The fraction of sp³-hybridized carbons (Fsp3) is 0.778. The van der Waals surface area contributed by atoms with Gasteiger partial charge in [0.1, 0.15) is 0 Å². The quantitative estimate of drug-likeness (QED) is 0.595. The Hall–Kier alpha value is -0.520. The number of terminal acetylenes is 1. The van der Waals surface area contributed by atoms with Crippen molar-refractivity contribution < 1.29 is 4.74 Å². The van der Waals surface area contributed by atoms with Crippen molar-refractivity contribution in [3.05, 3.63) is 0 Å². The van der Waals surface area contributed by atoms with Crippen LogP contribution in [0.1, 0.15) is 13.8 Å². The Morgan fingerprint density at radius 2 is 2.18 bits per heavy atom. The SMILES string of the molecule is C#C[C@@H](C)NCC(C)COC. The summed E-state index contributed by atoms with van der Waals surface area (Å²) < 4.78 is 4.98. The summed E-state index contributed by atoms with van der Waals surface area (Å²) in [6.45, 7) is 5.79. The molecule has 1 N–H and O–H groups in total. The van der Waals surface area contributed by atoms with Crippen LogP contribution in [-0.4, -0.2) is 26.3 Å². The number of hydrogen-bond acceptors (Lipinski definition) is 2. The molecule has 2 atom stereocenters. The highest BCUT2D eigenvalue weighted by molar-refractivity contribution is 4.95. The van der Waals surface area contributed by atoms with E-state index in [4.69, 9.17) is 11.2 Å². The lowest BCUT2D eigenvalue weighted by Crippen LogP contribution is -2.30. The van der Waals surface area contributed by atoms with Crippen molar-refractivity contribution in [2.24, 2.45) is 5.92 Å². The van der Waals surface area contributed by atoms with Crippen LogP contribution in [0.25, 0.3) is 0 Å². The van der Waals surface area contributed by atoms with Crippen molar-refractivity contribution in [2.45, 2.75) is 19.9 Å². The molecule has 0 amide bonds. The van der Waals surface area contributed by atoms with E-state index < -0.39 is 0 Å². The van der Waals surface area contributed by atoms with Crippen LogP contribution < -0.4 is 5.32 Å². The molecule has 0 bridgehead atoms. The van der Waals surface area contributed by atoms with Crippen LogP contribution in [0.3, 0.4) is 0 Å². The molecule has 0 heterocycles. The monoisotopic (exact) mass is 155 g/mol. The number of hydrogen-bond donors (Lipinski definition) is 1. The fourth-order valence-electron chi connectivity index (χ4n) is 0.780. The Morgan fingerprint density at radius 1 is 1.55 bits per heavy atom. The average Bonchev–Trinajstić information content (AvgIpc) is 2.01. The average molecular weight is 155 g/mol. The lowest BCUT2D eigenvalue weighted by Gasteiger charge is -2.12. The molecule has 0 saturated heterocycles. The third kappa shape index (κ3) is 5.90. The van der Waals surface area contributed by atoms with Gasteiger partial charge in [-0.25, -0.2) is 0 Å². The van der Waals surface area contributed by atoms with Gasteiger partial charge in [0, 0.05) is 20.3 Å². The number of rotatable bonds is 5. The molecular formula is C9H17NO. The predicted octanol–water partition coefficient (Wildman–Crippen LogP) is 0.880. The molecule has 0 aromatic heterocycles. The van der Waals surface area contributed by atoms with Crippen LogP contribution in [0.4, 0.5) is 0 Å². The van der Waals surface area contributed by atoms with Crippen molar-refractivity contribution >= 4 is 0 Å². The van der Waals surface area contributed by atoms with Gasteiger partial charge in [-0.2, -0.15) is 0 Å². The maximum absolute atomic E-state index is 5.19. The van der Waals surface area contributed by atoms with Gasteiger partial charge in [0.2, 0.25) is 0 Å². The van der Waals surface area contributed by atoms with Gasteiger partial charge in [-0.15, -0.1) is 6.42 Å². The number of methoxy groups -OCH3 is 1. The molecule has 0 aromatic carbocycles. The minimum Gasteiger partial charge on any atom is -0.384 e. The van der Waals surface area contributed by atoms with E-state index in [1.807, 2.05) is 6.92 Å². The molecule has 1 unspecified atom stereocenters. The molecule has 11 heavy (non-hydrogen) atoms. The minimum atomic E-state index is 0.161. The summed E-state index contributed by atoms with van der Waals surface area (Å²) >= 11 is 0. The Morgan fingerprint density at radius 3 is 2.64 bits per heavy atom. The summed E-state index contributed by atoms with van der Waals surface area (Å²) in [6, 6.07) is 0.161. The highest BCUT2D eigenvalue weighted by Crippen LogP contribution is 1.92. The van der Waals surface area contributed by atoms with E-state index in [0.29, 0.717) is 5.92 Å². The third-order valence-corrected chi connectivity index (χ3v) is 1.47. The molecule has 0 aromatic rings. The van der Waals surface area contributed by atoms with Gasteiger partial charge in [-0.05, 0) is 12.8 Å². The molecule has 0 rings (SSSR count). The van der Waals surface area contributed by atoms with Crippen molar-refractivity contribution in [2.75, 3.05) is 20.3 Å². The van der Waals surface area contributed by atoms with Gasteiger partial charge in [-0.1, -0.05) is 12.8 Å². The van der Waals surface area contributed by atoms with Crippen LogP contribution in [0, 0.1) is 18.3 Å². The molecule has 0 fully saturated rings. The van der Waals surface area contributed by atoms with E-state index >= 15 is 0 Å². The zero-order valence-electron chi connectivity index (χ0n) is 7.55. The van der Waals surface area contributed by atoms with Crippen LogP contribution in [-0.2, 0) is 4.74 Å². The maximum atomic E-state index is 5.19.